The minimum atomic E-state index is -4.56. The number of nitrogens with one attached hydrogen (secondary N) is 2. The first-order valence-corrected chi connectivity index (χ1v) is 8.91. The molecule has 3 aromatic rings. The van der Waals surface area contributed by atoms with E-state index >= 15 is 0 Å². The number of amides is 1. The summed E-state index contributed by atoms with van der Waals surface area (Å²) in [4.78, 5) is 16.2. The monoisotopic (exact) mass is 422 g/mol. The summed E-state index contributed by atoms with van der Waals surface area (Å²) in [6, 6.07) is 9.64. The van der Waals surface area contributed by atoms with Crippen LogP contribution in [-0.4, -0.2) is 28.8 Å². The normalized spacial score (nSPS) is 11.4. The molecule has 3 rings (SSSR count). The maximum absolute atomic E-state index is 14.2. The second-order valence-corrected chi connectivity index (χ2v) is 6.61. The number of halogens is 4. The van der Waals surface area contributed by atoms with Crippen molar-refractivity contribution in [1.29, 1.82) is 0 Å². The molecule has 10 heteroatoms. The fourth-order valence-electron chi connectivity index (χ4n) is 2.71. The lowest BCUT2D eigenvalue weighted by molar-refractivity contribution is -0.123. The lowest BCUT2D eigenvalue weighted by Crippen LogP contribution is -2.33. The number of anilines is 1. The summed E-state index contributed by atoms with van der Waals surface area (Å²) in [6.07, 6.45) is -4.56. The molecule has 0 radical (unpaired) electrons. The van der Waals surface area contributed by atoms with Crippen molar-refractivity contribution in [2.24, 2.45) is 0 Å². The van der Waals surface area contributed by atoms with Crippen molar-refractivity contribution < 1.29 is 26.9 Å². The second kappa shape index (κ2) is 8.52. The molecule has 0 unspecified atom stereocenters. The molecule has 0 spiro atoms. The van der Waals surface area contributed by atoms with Crippen molar-refractivity contribution in [3.05, 3.63) is 64.8 Å². The Labute approximate surface area is 169 Å². The maximum Gasteiger partial charge on any atom is 0.405 e. The Bertz CT molecular complexity index is 1060. The predicted octanol–water partition coefficient (Wildman–Crippen LogP) is 4.40. The SMILES string of the molecule is Cc1ccccc1-c1noc(CNc2cc(C(=O)NCC(F)(F)F)cc(F)c2C)n1. The Hall–Kier alpha value is -3.43. The van der Waals surface area contributed by atoms with Crippen LogP contribution in [0.2, 0.25) is 0 Å². The molecule has 0 saturated heterocycles. The smallest absolute Gasteiger partial charge is 0.376 e. The van der Waals surface area contributed by atoms with Crippen LogP contribution in [0, 0.1) is 19.7 Å². The van der Waals surface area contributed by atoms with E-state index < -0.39 is 24.4 Å². The van der Waals surface area contributed by atoms with Gasteiger partial charge >= 0.3 is 6.18 Å². The van der Waals surface area contributed by atoms with E-state index in [4.69, 9.17) is 4.52 Å². The zero-order valence-corrected chi connectivity index (χ0v) is 16.1. The molecule has 0 fully saturated rings. The largest absolute Gasteiger partial charge is 0.405 e. The minimum Gasteiger partial charge on any atom is -0.376 e. The number of carbonyl (C=O) groups is 1. The molecule has 0 atom stereocenters. The van der Waals surface area contributed by atoms with Gasteiger partial charge < -0.3 is 15.2 Å². The molecule has 6 nitrogen and oxygen atoms in total. The molecule has 1 amide bonds. The molecule has 0 saturated carbocycles. The molecular weight excluding hydrogens is 404 g/mol. The molecule has 2 N–H and O–H groups in total. The highest BCUT2D eigenvalue weighted by atomic mass is 19.4. The maximum atomic E-state index is 14.2. The van der Waals surface area contributed by atoms with Crippen LogP contribution in [0.4, 0.5) is 23.2 Å². The molecule has 1 heterocycles. The molecule has 2 aromatic carbocycles. The lowest BCUT2D eigenvalue weighted by Gasteiger charge is -2.12. The fourth-order valence-corrected chi connectivity index (χ4v) is 2.71. The number of rotatable bonds is 6. The Balaban J connectivity index is 1.73. The van der Waals surface area contributed by atoms with Crippen LogP contribution in [0.5, 0.6) is 0 Å². The molecule has 158 valence electrons. The van der Waals surface area contributed by atoms with Gasteiger partial charge in [-0.2, -0.15) is 18.2 Å². The van der Waals surface area contributed by atoms with Gasteiger partial charge in [0.25, 0.3) is 5.91 Å². The summed E-state index contributed by atoms with van der Waals surface area (Å²) < 4.78 is 56.2. The number of hydrogen-bond acceptors (Lipinski definition) is 5. The summed E-state index contributed by atoms with van der Waals surface area (Å²) in [6.45, 7) is 1.91. The summed E-state index contributed by atoms with van der Waals surface area (Å²) in [5.41, 5.74) is 1.95. The number of carbonyl (C=O) groups excluding carboxylic acids is 1. The predicted molar refractivity (Wildman–Crippen MR) is 101 cm³/mol. The van der Waals surface area contributed by atoms with Crippen molar-refractivity contribution in [3.8, 4) is 11.4 Å². The van der Waals surface area contributed by atoms with E-state index in [9.17, 15) is 22.4 Å². The summed E-state index contributed by atoms with van der Waals surface area (Å²) in [7, 11) is 0. The number of nitrogens with zero attached hydrogens (tertiary/aromatic N) is 2. The number of benzene rings is 2. The second-order valence-electron chi connectivity index (χ2n) is 6.61. The molecule has 0 aliphatic heterocycles. The van der Waals surface area contributed by atoms with Crippen LogP contribution >= 0.6 is 0 Å². The zero-order chi connectivity index (χ0) is 21.9. The Morgan fingerprint density at radius 1 is 1.17 bits per heavy atom. The Kier molecular flexibility index (Phi) is 6.04. The standard InChI is InChI=1S/C20H18F4N4O2/c1-11-5-3-4-6-14(11)18-27-17(30-28-18)9-25-16-8-13(7-15(21)12(16)2)19(29)26-10-20(22,23)24/h3-8,25H,9-10H2,1-2H3,(H,26,29). The highest BCUT2D eigenvalue weighted by Gasteiger charge is 2.28. The van der Waals surface area contributed by atoms with E-state index in [-0.39, 0.29) is 29.2 Å². The first kappa shape index (κ1) is 21.3. The number of hydrogen-bond donors (Lipinski definition) is 2. The van der Waals surface area contributed by atoms with Crippen LogP contribution < -0.4 is 10.6 Å². The Morgan fingerprint density at radius 2 is 1.90 bits per heavy atom. The fraction of sp³-hybridized carbons (Fsp3) is 0.250. The van der Waals surface area contributed by atoms with Crippen molar-refractivity contribution >= 4 is 11.6 Å². The first-order valence-electron chi connectivity index (χ1n) is 8.91. The minimum absolute atomic E-state index is 0.0345. The lowest BCUT2D eigenvalue weighted by atomic mass is 10.1. The molecule has 0 aliphatic carbocycles. The number of alkyl halides is 3. The summed E-state index contributed by atoms with van der Waals surface area (Å²) in [5, 5.41) is 8.51. The number of aryl methyl sites for hydroxylation is 1. The van der Waals surface area contributed by atoms with Crippen LogP contribution in [0.1, 0.15) is 27.4 Å². The van der Waals surface area contributed by atoms with Crippen LogP contribution in [0.3, 0.4) is 0 Å². The van der Waals surface area contributed by atoms with E-state index in [0.717, 1.165) is 17.2 Å². The number of aromatic nitrogens is 2. The van der Waals surface area contributed by atoms with E-state index in [2.05, 4.69) is 15.5 Å². The third-order valence-corrected chi connectivity index (χ3v) is 4.34. The average molecular weight is 422 g/mol. The van der Waals surface area contributed by atoms with E-state index in [1.807, 2.05) is 31.2 Å². The summed E-state index contributed by atoms with van der Waals surface area (Å²) >= 11 is 0. The molecule has 0 bridgehead atoms. The quantitative estimate of drug-likeness (QED) is 0.576. The molecule has 1 aromatic heterocycles. The van der Waals surface area contributed by atoms with Crippen molar-refractivity contribution in [2.75, 3.05) is 11.9 Å². The average Bonchev–Trinajstić information content (AvgIpc) is 3.15. The van der Waals surface area contributed by atoms with Crippen LogP contribution in [0.25, 0.3) is 11.4 Å². The topological polar surface area (TPSA) is 80.0 Å². The van der Waals surface area contributed by atoms with Gasteiger partial charge in [0.15, 0.2) is 0 Å². The van der Waals surface area contributed by atoms with E-state index in [1.165, 1.54) is 13.0 Å². The summed E-state index contributed by atoms with van der Waals surface area (Å²) in [5.74, 6) is -1.15. The van der Waals surface area contributed by atoms with Gasteiger partial charge in [0.2, 0.25) is 11.7 Å². The van der Waals surface area contributed by atoms with Gasteiger partial charge in [0, 0.05) is 22.4 Å². The Morgan fingerprint density at radius 3 is 2.60 bits per heavy atom. The van der Waals surface area contributed by atoms with Crippen molar-refractivity contribution in [3.63, 3.8) is 0 Å². The van der Waals surface area contributed by atoms with Gasteiger partial charge in [-0.25, -0.2) is 4.39 Å². The highest BCUT2D eigenvalue weighted by Crippen LogP contribution is 2.23. The van der Waals surface area contributed by atoms with Gasteiger partial charge in [-0.05, 0) is 31.5 Å². The van der Waals surface area contributed by atoms with Crippen LogP contribution in [-0.2, 0) is 6.54 Å². The van der Waals surface area contributed by atoms with Gasteiger partial charge in [0.05, 0.1) is 6.54 Å². The van der Waals surface area contributed by atoms with Gasteiger partial charge in [-0.1, -0.05) is 29.4 Å². The van der Waals surface area contributed by atoms with Gasteiger partial charge in [-0.15, -0.1) is 0 Å². The van der Waals surface area contributed by atoms with E-state index in [1.54, 1.807) is 5.32 Å². The van der Waals surface area contributed by atoms with Crippen LogP contribution in [0.15, 0.2) is 40.9 Å². The third-order valence-electron chi connectivity index (χ3n) is 4.34. The highest BCUT2D eigenvalue weighted by molar-refractivity contribution is 5.95. The molecular formula is C20H18F4N4O2. The van der Waals surface area contributed by atoms with Gasteiger partial charge in [0.1, 0.15) is 12.4 Å². The van der Waals surface area contributed by atoms with Crippen molar-refractivity contribution in [1.82, 2.24) is 15.5 Å². The third kappa shape index (κ3) is 5.13. The van der Waals surface area contributed by atoms with Gasteiger partial charge in [-0.3, -0.25) is 4.79 Å². The van der Waals surface area contributed by atoms with E-state index in [0.29, 0.717) is 5.82 Å². The van der Waals surface area contributed by atoms with Crippen molar-refractivity contribution in [2.45, 2.75) is 26.6 Å². The first-order chi connectivity index (χ1) is 14.1. The molecule has 0 aliphatic rings. The molecule has 30 heavy (non-hydrogen) atoms. The zero-order valence-electron chi connectivity index (χ0n) is 16.1.